The third-order valence-electron chi connectivity index (χ3n) is 3.72. The standard InChI is InChI=1S/C19H21N3/c1-15-7-9-16(10-8-15)14-20-12-11-18-13-19(22-21-18)17-5-3-2-4-6-17/h2-10,13,20H,11-12,14H2,1H3,(H,21,22). The maximum Gasteiger partial charge on any atom is 0.0923 e. The number of aromatic amines is 1. The molecule has 0 aliphatic rings. The summed E-state index contributed by atoms with van der Waals surface area (Å²) in [5.41, 5.74) is 5.94. The molecule has 0 saturated carbocycles. The van der Waals surface area contributed by atoms with Crippen LogP contribution in [0.15, 0.2) is 60.7 Å². The largest absolute Gasteiger partial charge is 0.312 e. The first-order valence-electron chi connectivity index (χ1n) is 7.67. The molecule has 0 bridgehead atoms. The van der Waals surface area contributed by atoms with E-state index in [-0.39, 0.29) is 0 Å². The van der Waals surface area contributed by atoms with Crippen molar-refractivity contribution >= 4 is 0 Å². The molecule has 3 aromatic rings. The van der Waals surface area contributed by atoms with Gasteiger partial charge in [-0.3, -0.25) is 5.10 Å². The molecule has 0 atom stereocenters. The van der Waals surface area contributed by atoms with Crippen LogP contribution < -0.4 is 5.32 Å². The van der Waals surface area contributed by atoms with Crippen LogP contribution in [0.3, 0.4) is 0 Å². The lowest BCUT2D eigenvalue weighted by atomic mass is 10.1. The minimum absolute atomic E-state index is 0.903. The van der Waals surface area contributed by atoms with Crippen molar-refractivity contribution in [1.29, 1.82) is 0 Å². The number of nitrogens with zero attached hydrogens (tertiary/aromatic N) is 1. The van der Waals surface area contributed by atoms with Gasteiger partial charge in [-0.2, -0.15) is 5.10 Å². The van der Waals surface area contributed by atoms with Gasteiger partial charge in [-0.15, -0.1) is 0 Å². The second-order valence-electron chi connectivity index (χ2n) is 5.56. The highest BCUT2D eigenvalue weighted by Gasteiger charge is 2.03. The zero-order valence-electron chi connectivity index (χ0n) is 12.8. The summed E-state index contributed by atoms with van der Waals surface area (Å²) in [6.07, 6.45) is 0.950. The van der Waals surface area contributed by atoms with Crippen molar-refractivity contribution in [2.24, 2.45) is 0 Å². The van der Waals surface area contributed by atoms with Gasteiger partial charge in [0.05, 0.1) is 5.69 Å². The van der Waals surface area contributed by atoms with Gasteiger partial charge in [0.25, 0.3) is 0 Å². The number of benzene rings is 2. The van der Waals surface area contributed by atoms with E-state index in [0.29, 0.717) is 0 Å². The highest BCUT2D eigenvalue weighted by molar-refractivity contribution is 5.58. The summed E-state index contributed by atoms with van der Waals surface area (Å²) >= 11 is 0. The lowest BCUT2D eigenvalue weighted by Gasteiger charge is -2.04. The monoisotopic (exact) mass is 291 g/mol. The van der Waals surface area contributed by atoms with Crippen LogP contribution in [0.25, 0.3) is 11.3 Å². The fourth-order valence-corrected chi connectivity index (χ4v) is 2.41. The van der Waals surface area contributed by atoms with E-state index in [0.717, 1.165) is 36.5 Å². The molecule has 3 nitrogen and oxygen atoms in total. The minimum Gasteiger partial charge on any atom is -0.312 e. The van der Waals surface area contributed by atoms with Gasteiger partial charge in [0.15, 0.2) is 0 Å². The van der Waals surface area contributed by atoms with E-state index in [2.05, 4.69) is 64.9 Å². The molecule has 0 aliphatic heterocycles. The van der Waals surface area contributed by atoms with Crippen LogP contribution in [-0.2, 0) is 13.0 Å². The number of aromatic nitrogens is 2. The van der Waals surface area contributed by atoms with Gasteiger partial charge in [-0.05, 0) is 18.6 Å². The fraction of sp³-hybridized carbons (Fsp3) is 0.211. The molecule has 0 spiro atoms. The number of nitrogens with one attached hydrogen (secondary N) is 2. The molecule has 0 amide bonds. The Bertz CT molecular complexity index is 699. The van der Waals surface area contributed by atoms with E-state index in [4.69, 9.17) is 0 Å². The van der Waals surface area contributed by atoms with E-state index in [1.54, 1.807) is 0 Å². The molecule has 3 heteroatoms. The summed E-state index contributed by atoms with van der Waals surface area (Å²) < 4.78 is 0. The first-order chi connectivity index (χ1) is 10.8. The molecule has 1 aromatic heterocycles. The van der Waals surface area contributed by atoms with Gasteiger partial charge < -0.3 is 5.32 Å². The minimum atomic E-state index is 0.903. The Balaban J connectivity index is 1.48. The molecular weight excluding hydrogens is 270 g/mol. The van der Waals surface area contributed by atoms with Crippen molar-refractivity contribution in [2.75, 3.05) is 6.54 Å². The first-order valence-corrected chi connectivity index (χ1v) is 7.67. The molecule has 2 aromatic carbocycles. The molecule has 22 heavy (non-hydrogen) atoms. The maximum absolute atomic E-state index is 4.38. The normalized spacial score (nSPS) is 10.8. The quantitative estimate of drug-likeness (QED) is 0.680. The molecule has 0 aliphatic carbocycles. The zero-order valence-corrected chi connectivity index (χ0v) is 12.8. The zero-order chi connectivity index (χ0) is 15.2. The molecule has 0 saturated heterocycles. The predicted molar refractivity (Wildman–Crippen MR) is 90.6 cm³/mol. The summed E-state index contributed by atoms with van der Waals surface area (Å²) in [4.78, 5) is 0. The smallest absolute Gasteiger partial charge is 0.0923 e. The Kier molecular flexibility index (Phi) is 4.66. The second kappa shape index (κ2) is 7.05. The van der Waals surface area contributed by atoms with Gasteiger partial charge in [-0.1, -0.05) is 60.2 Å². The van der Waals surface area contributed by atoms with Crippen molar-refractivity contribution in [3.63, 3.8) is 0 Å². The maximum atomic E-state index is 4.38. The molecular formula is C19H21N3. The van der Waals surface area contributed by atoms with E-state index >= 15 is 0 Å². The van der Waals surface area contributed by atoms with E-state index in [1.165, 1.54) is 11.1 Å². The Hall–Kier alpha value is -2.39. The van der Waals surface area contributed by atoms with Crippen molar-refractivity contribution in [3.05, 3.63) is 77.5 Å². The Morgan fingerprint density at radius 1 is 1.00 bits per heavy atom. The third kappa shape index (κ3) is 3.83. The van der Waals surface area contributed by atoms with Crippen molar-refractivity contribution < 1.29 is 0 Å². The Morgan fingerprint density at radius 2 is 1.77 bits per heavy atom. The van der Waals surface area contributed by atoms with Gasteiger partial charge in [0, 0.05) is 30.8 Å². The first kappa shape index (κ1) is 14.5. The summed E-state index contributed by atoms with van der Waals surface area (Å²) in [6.45, 7) is 3.95. The van der Waals surface area contributed by atoms with Crippen LogP contribution in [0.2, 0.25) is 0 Å². The molecule has 0 fully saturated rings. The number of hydrogen-bond acceptors (Lipinski definition) is 2. The van der Waals surface area contributed by atoms with E-state index in [1.807, 2.05) is 18.2 Å². The lowest BCUT2D eigenvalue weighted by molar-refractivity contribution is 0.678. The van der Waals surface area contributed by atoms with Crippen LogP contribution in [-0.4, -0.2) is 16.7 Å². The van der Waals surface area contributed by atoms with Crippen LogP contribution in [0.4, 0.5) is 0 Å². The molecule has 0 radical (unpaired) electrons. The fourth-order valence-electron chi connectivity index (χ4n) is 2.41. The predicted octanol–water partition coefficient (Wildman–Crippen LogP) is 3.72. The van der Waals surface area contributed by atoms with Crippen LogP contribution in [0, 0.1) is 6.92 Å². The van der Waals surface area contributed by atoms with Gasteiger partial charge in [0.2, 0.25) is 0 Å². The average Bonchev–Trinajstić information content (AvgIpc) is 3.03. The van der Waals surface area contributed by atoms with Crippen molar-refractivity contribution in [3.8, 4) is 11.3 Å². The average molecular weight is 291 g/mol. The lowest BCUT2D eigenvalue weighted by Crippen LogP contribution is -2.16. The number of H-pyrrole nitrogens is 1. The Labute approximate surface area is 131 Å². The van der Waals surface area contributed by atoms with Crippen LogP contribution in [0.5, 0.6) is 0 Å². The summed E-state index contributed by atoms with van der Waals surface area (Å²) in [6, 6.07) is 21.0. The topological polar surface area (TPSA) is 40.7 Å². The van der Waals surface area contributed by atoms with E-state index < -0.39 is 0 Å². The van der Waals surface area contributed by atoms with Crippen molar-refractivity contribution in [1.82, 2.24) is 15.5 Å². The summed E-state index contributed by atoms with van der Waals surface area (Å²) in [7, 11) is 0. The van der Waals surface area contributed by atoms with Crippen molar-refractivity contribution in [2.45, 2.75) is 19.9 Å². The number of aryl methyl sites for hydroxylation is 1. The second-order valence-corrected chi connectivity index (χ2v) is 5.56. The van der Waals surface area contributed by atoms with Gasteiger partial charge >= 0.3 is 0 Å². The molecule has 2 N–H and O–H groups in total. The van der Waals surface area contributed by atoms with E-state index in [9.17, 15) is 0 Å². The Morgan fingerprint density at radius 3 is 2.55 bits per heavy atom. The number of hydrogen-bond donors (Lipinski definition) is 2. The molecule has 3 rings (SSSR count). The molecule has 112 valence electrons. The summed E-state index contributed by atoms with van der Waals surface area (Å²) in [5.74, 6) is 0. The van der Waals surface area contributed by atoms with Gasteiger partial charge in [0.1, 0.15) is 0 Å². The highest BCUT2D eigenvalue weighted by Crippen LogP contribution is 2.16. The van der Waals surface area contributed by atoms with Crippen LogP contribution >= 0.6 is 0 Å². The van der Waals surface area contributed by atoms with Crippen LogP contribution in [0.1, 0.15) is 16.8 Å². The third-order valence-corrected chi connectivity index (χ3v) is 3.72. The molecule has 0 unspecified atom stereocenters. The molecule has 1 heterocycles. The highest BCUT2D eigenvalue weighted by atomic mass is 15.1. The van der Waals surface area contributed by atoms with Gasteiger partial charge in [-0.25, -0.2) is 0 Å². The SMILES string of the molecule is Cc1ccc(CNCCc2cc(-c3ccccc3)n[nH]2)cc1. The number of rotatable bonds is 6. The summed E-state index contributed by atoms with van der Waals surface area (Å²) in [5, 5.41) is 11.0.